The van der Waals surface area contributed by atoms with Crippen molar-refractivity contribution in [1.29, 1.82) is 0 Å². The standard InChI is InChI=1S/C24H30BrFN2O3/c1-5-16(3)27-24(30)17(4)28(14-19-9-7-8-10-21(19)26)23(29)15-31-22-12-11-18(6-2)13-20(22)25/h7-13,16-17H,5-6,14-15H2,1-4H3,(H,27,30)/t16-,17+/m0/s1. The topological polar surface area (TPSA) is 58.6 Å². The third kappa shape index (κ3) is 7.06. The van der Waals surface area contributed by atoms with Crippen molar-refractivity contribution in [3.05, 3.63) is 63.9 Å². The van der Waals surface area contributed by atoms with Crippen molar-refractivity contribution in [3.8, 4) is 5.75 Å². The zero-order valence-corrected chi connectivity index (χ0v) is 20.0. The lowest BCUT2D eigenvalue weighted by atomic mass is 10.1. The molecule has 0 bridgehead atoms. The van der Waals surface area contributed by atoms with E-state index in [-0.39, 0.29) is 25.1 Å². The molecule has 0 saturated carbocycles. The first-order valence-electron chi connectivity index (χ1n) is 10.5. The van der Waals surface area contributed by atoms with E-state index in [1.165, 1.54) is 11.0 Å². The van der Waals surface area contributed by atoms with Crippen molar-refractivity contribution in [2.24, 2.45) is 0 Å². The van der Waals surface area contributed by atoms with Gasteiger partial charge < -0.3 is 15.0 Å². The van der Waals surface area contributed by atoms with E-state index < -0.39 is 17.8 Å². The Kier molecular flexibility index (Phi) is 9.49. The molecule has 0 spiro atoms. The van der Waals surface area contributed by atoms with Crippen molar-refractivity contribution < 1.29 is 18.7 Å². The van der Waals surface area contributed by atoms with E-state index in [1.807, 2.05) is 26.0 Å². The van der Waals surface area contributed by atoms with Gasteiger partial charge in [0.05, 0.1) is 4.47 Å². The third-order valence-corrected chi connectivity index (χ3v) is 5.84. The first kappa shape index (κ1) is 24.9. The van der Waals surface area contributed by atoms with Gasteiger partial charge in [-0.05, 0) is 66.4 Å². The Morgan fingerprint density at radius 3 is 2.48 bits per heavy atom. The van der Waals surface area contributed by atoms with Crippen molar-refractivity contribution in [2.75, 3.05) is 6.61 Å². The summed E-state index contributed by atoms with van der Waals surface area (Å²) in [6, 6.07) is 11.1. The lowest BCUT2D eigenvalue weighted by Crippen LogP contribution is -2.50. The molecule has 0 fully saturated rings. The highest BCUT2D eigenvalue weighted by molar-refractivity contribution is 9.10. The summed E-state index contributed by atoms with van der Waals surface area (Å²) < 4.78 is 20.7. The first-order valence-corrected chi connectivity index (χ1v) is 11.3. The summed E-state index contributed by atoms with van der Waals surface area (Å²) >= 11 is 3.46. The van der Waals surface area contributed by atoms with Crippen LogP contribution in [0.4, 0.5) is 4.39 Å². The van der Waals surface area contributed by atoms with Gasteiger partial charge >= 0.3 is 0 Å². The monoisotopic (exact) mass is 492 g/mol. The minimum atomic E-state index is -0.782. The molecule has 0 aromatic heterocycles. The van der Waals surface area contributed by atoms with Crippen LogP contribution in [0.2, 0.25) is 0 Å². The van der Waals surface area contributed by atoms with Crippen LogP contribution in [0, 0.1) is 5.82 Å². The van der Waals surface area contributed by atoms with Crippen LogP contribution in [0.25, 0.3) is 0 Å². The molecule has 2 atom stereocenters. The molecule has 2 aromatic carbocycles. The summed E-state index contributed by atoms with van der Waals surface area (Å²) in [7, 11) is 0. The summed E-state index contributed by atoms with van der Waals surface area (Å²) in [5.41, 5.74) is 1.48. The van der Waals surface area contributed by atoms with Gasteiger partial charge in [-0.15, -0.1) is 0 Å². The van der Waals surface area contributed by atoms with Crippen molar-refractivity contribution in [1.82, 2.24) is 10.2 Å². The molecule has 0 heterocycles. The normalized spacial score (nSPS) is 12.7. The number of nitrogens with zero attached hydrogens (tertiary/aromatic N) is 1. The molecule has 2 rings (SSSR count). The van der Waals surface area contributed by atoms with Crippen LogP contribution in [0.1, 0.15) is 45.2 Å². The maximum atomic E-state index is 14.2. The largest absolute Gasteiger partial charge is 0.483 e. The van der Waals surface area contributed by atoms with Crippen molar-refractivity contribution in [2.45, 2.75) is 59.2 Å². The van der Waals surface area contributed by atoms with E-state index in [0.29, 0.717) is 11.3 Å². The Morgan fingerprint density at radius 1 is 1.16 bits per heavy atom. The minimum absolute atomic E-state index is 0.0235. The number of rotatable bonds is 10. The third-order valence-electron chi connectivity index (χ3n) is 5.22. The smallest absolute Gasteiger partial charge is 0.261 e. The quantitative estimate of drug-likeness (QED) is 0.514. The lowest BCUT2D eigenvalue weighted by Gasteiger charge is -2.29. The van der Waals surface area contributed by atoms with E-state index in [1.54, 1.807) is 31.2 Å². The van der Waals surface area contributed by atoms with Gasteiger partial charge in [-0.25, -0.2) is 4.39 Å². The predicted molar refractivity (Wildman–Crippen MR) is 123 cm³/mol. The second-order valence-corrected chi connectivity index (χ2v) is 8.37. The second-order valence-electron chi connectivity index (χ2n) is 7.51. The molecule has 2 amide bonds. The molecular weight excluding hydrogens is 463 g/mol. The maximum absolute atomic E-state index is 14.2. The summed E-state index contributed by atoms with van der Waals surface area (Å²) in [6.45, 7) is 7.27. The molecule has 0 aliphatic rings. The summed E-state index contributed by atoms with van der Waals surface area (Å²) in [6.07, 6.45) is 1.65. The fourth-order valence-electron chi connectivity index (χ4n) is 2.96. The molecule has 0 radical (unpaired) electrons. The molecule has 168 valence electrons. The van der Waals surface area contributed by atoms with Gasteiger partial charge in [0.1, 0.15) is 17.6 Å². The van der Waals surface area contributed by atoms with Crippen LogP contribution in [0.3, 0.4) is 0 Å². The Hall–Kier alpha value is -2.41. The molecule has 0 unspecified atom stereocenters. The highest BCUT2D eigenvalue weighted by Crippen LogP contribution is 2.26. The van der Waals surface area contributed by atoms with Crippen molar-refractivity contribution >= 4 is 27.7 Å². The van der Waals surface area contributed by atoms with Gasteiger partial charge in [-0.1, -0.05) is 38.1 Å². The number of benzene rings is 2. The Morgan fingerprint density at radius 2 is 1.87 bits per heavy atom. The van der Waals surface area contributed by atoms with Gasteiger partial charge in [0, 0.05) is 18.2 Å². The van der Waals surface area contributed by atoms with Gasteiger partial charge in [0.2, 0.25) is 5.91 Å². The van der Waals surface area contributed by atoms with E-state index in [4.69, 9.17) is 4.74 Å². The number of hydrogen-bond acceptors (Lipinski definition) is 3. The highest BCUT2D eigenvalue weighted by Gasteiger charge is 2.28. The molecule has 0 aliphatic carbocycles. The Bertz CT molecular complexity index is 906. The SMILES string of the molecule is CCc1ccc(OCC(=O)N(Cc2ccccc2F)[C@H](C)C(=O)N[C@@H](C)CC)c(Br)c1. The number of halogens is 2. The average Bonchev–Trinajstić information content (AvgIpc) is 2.76. The number of carbonyl (C=O) groups is 2. The van der Waals surface area contributed by atoms with Crippen LogP contribution >= 0.6 is 15.9 Å². The molecule has 5 nitrogen and oxygen atoms in total. The number of nitrogens with one attached hydrogen (secondary N) is 1. The van der Waals surface area contributed by atoms with Crippen LogP contribution < -0.4 is 10.1 Å². The molecular formula is C24H30BrFN2O3. The molecule has 7 heteroatoms. The second kappa shape index (κ2) is 11.8. The first-order chi connectivity index (χ1) is 14.8. The number of amides is 2. The zero-order chi connectivity index (χ0) is 23.0. The van der Waals surface area contributed by atoms with Gasteiger partial charge in [-0.2, -0.15) is 0 Å². The Labute approximate surface area is 192 Å². The molecule has 31 heavy (non-hydrogen) atoms. The fraction of sp³-hybridized carbons (Fsp3) is 0.417. The van der Waals surface area contributed by atoms with Crippen molar-refractivity contribution in [3.63, 3.8) is 0 Å². The molecule has 0 saturated heterocycles. The van der Waals surface area contributed by atoms with Gasteiger partial charge in [0.25, 0.3) is 5.91 Å². The minimum Gasteiger partial charge on any atom is -0.483 e. The van der Waals surface area contributed by atoms with Crippen LogP contribution in [-0.2, 0) is 22.6 Å². The maximum Gasteiger partial charge on any atom is 0.261 e. The number of hydrogen-bond donors (Lipinski definition) is 1. The molecule has 1 N–H and O–H groups in total. The molecule has 0 aliphatic heterocycles. The summed E-state index contributed by atoms with van der Waals surface area (Å²) in [5, 5.41) is 2.89. The van der Waals surface area contributed by atoms with E-state index >= 15 is 0 Å². The van der Waals surface area contributed by atoms with Gasteiger partial charge in [-0.3, -0.25) is 9.59 Å². The van der Waals surface area contributed by atoms with Crippen LogP contribution in [0.15, 0.2) is 46.9 Å². The van der Waals surface area contributed by atoms with Crippen LogP contribution in [0.5, 0.6) is 5.75 Å². The summed E-state index contributed by atoms with van der Waals surface area (Å²) in [4.78, 5) is 27.1. The highest BCUT2D eigenvalue weighted by atomic mass is 79.9. The Balaban J connectivity index is 2.19. The van der Waals surface area contributed by atoms with Gasteiger partial charge in [0.15, 0.2) is 6.61 Å². The van der Waals surface area contributed by atoms with E-state index in [2.05, 4.69) is 28.2 Å². The number of ether oxygens (including phenoxy) is 1. The molecule has 2 aromatic rings. The summed E-state index contributed by atoms with van der Waals surface area (Å²) in [5.74, 6) is -0.573. The van der Waals surface area contributed by atoms with E-state index in [9.17, 15) is 14.0 Å². The number of aryl methyl sites for hydroxylation is 1. The number of carbonyl (C=O) groups excluding carboxylic acids is 2. The fourth-order valence-corrected chi connectivity index (χ4v) is 3.50. The average molecular weight is 493 g/mol. The van der Waals surface area contributed by atoms with E-state index in [0.717, 1.165) is 22.9 Å². The zero-order valence-electron chi connectivity index (χ0n) is 18.5. The van der Waals surface area contributed by atoms with Crippen LogP contribution in [-0.4, -0.2) is 35.4 Å². The predicted octanol–water partition coefficient (Wildman–Crippen LogP) is 4.86. The lowest BCUT2D eigenvalue weighted by molar-refractivity contribution is -0.142.